The van der Waals surface area contributed by atoms with E-state index in [1.807, 2.05) is 19.1 Å². The molecule has 0 heterocycles. The molecule has 0 saturated carbocycles. The van der Waals surface area contributed by atoms with E-state index in [1.54, 1.807) is 27.0 Å². The van der Waals surface area contributed by atoms with Gasteiger partial charge in [-0.25, -0.2) is 0 Å². The first kappa shape index (κ1) is 12.4. The zero-order chi connectivity index (χ0) is 12.3. The number of methoxy groups -OCH3 is 1. The second kappa shape index (κ2) is 4.43. The molecular formula is C12H17NO3. The summed E-state index contributed by atoms with van der Waals surface area (Å²) in [4.78, 5) is 11.1. The molecule has 0 fully saturated rings. The summed E-state index contributed by atoms with van der Waals surface area (Å²) in [5.41, 5.74) is 5.24. The highest BCUT2D eigenvalue weighted by molar-refractivity contribution is 5.83. The van der Waals surface area contributed by atoms with Crippen molar-refractivity contribution in [1.29, 1.82) is 0 Å². The summed E-state index contributed by atoms with van der Waals surface area (Å²) in [6, 6.07) is 5.49. The molecule has 0 atom stereocenters. The Hall–Kier alpha value is -1.71. The van der Waals surface area contributed by atoms with Crippen LogP contribution in [0.5, 0.6) is 11.5 Å². The summed E-state index contributed by atoms with van der Waals surface area (Å²) in [6.45, 7) is 5.19. The first-order chi connectivity index (χ1) is 7.36. The van der Waals surface area contributed by atoms with Crippen molar-refractivity contribution < 1.29 is 14.3 Å². The lowest BCUT2D eigenvalue weighted by Gasteiger charge is -2.23. The molecule has 1 aromatic carbocycles. The quantitative estimate of drug-likeness (QED) is 0.844. The summed E-state index contributed by atoms with van der Waals surface area (Å²) in [5, 5.41) is 0. The molecule has 88 valence electrons. The van der Waals surface area contributed by atoms with E-state index in [2.05, 4.69) is 0 Å². The monoisotopic (exact) mass is 223 g/mol. The highest BCUT2D eigenvalue weighted by Gasteiger charge is 2.28. The van der Waals surface area contributed by atoms with Crippen molar-refractivity contribution in [3.05, 3.63) is 23.8 Å². The predicted molar refractivity (Wildman–Crippen MR) is 61.6 cm³/mol. The van der Waals surface area contributed by atoms with Crippen molar-refractivity contribution in [2.24, 2.45) is 5.73 Å². The molecule has 0 spiro atoms. The number of aryl methyl sites for hydroxylation is 1. The fraction of sp³-hybridized carbons (Fsp3) is 0.417. The summed E-state index contributed by atoms with van der Waals surface area (Å²) in [7, 11) is 1.55. The molecule has 0 bridgehead atoms. The van der Waals surface area contributed by atoms with E-state index < -0.39 is 11.5 Å². The van der Waals surface area contributed by atoms with E-state index in [1.165, 1.54) is 0 Å². The lowest BCUT2D eigenvalue weighted by atomic mass is 10.1. The number of amides is 1. The van der Waals surface area contributed by atoms with Gasteiger partial charge in [0.15, 0.2) is 17.1 Å². The van der Waals surface area contributed by atoms with Crippen LogP contribution < -0.4 is 15.2 Å². The van der Waals surface area contributed by atoms with Gasteiger partial charge in [0, 0.05) is 0 Å². The standard InChI is InChI=1S/C12H17NO3/c1-8-5-6-9(10(7-8)15-4)16-12(2,3)11(13)14/h5-7H,1-4H3,(H2,13,14). The Morgan fingerprint density at radius 1 is 1.31 bits per heavy atom. The number of benzene rings is 1. The highest BCUT2D eigenvalue weighted by Crippen LogP contribution is 2.30. The van der Waals surface area contributed by atoms with Gasteiger partial charge in [-0.05, 0) is 38.5 Å². The van der Waals surface area contributed by atoms with Crippen LogP contribution in [0.1, 0.15) is 19.4 Å². The number of ether oxygens (including phenoxy) is 2. The summed E-state index contributed by atoms with van der Waals surface area (Å²) < 4.78 is 10.7. The maximum absolute atomic E-state index is 11.1. The topological polar surface area (TPSA) is 61.6 Å². The molecule has 0 radical (unpaired) electrons. The van der Waals surface area contributed by atoms with Crippen LogP contribution >= 0.6 is 0 Å². The molecule has 0 unspecified atom stereocenters. The van der Waals surface area contributed by atoms with Gasteiger partial charge in [-0.1, -0.05) is 6.07 Å². The molecular weight excluding hydrogens is 206 g/mol. The second-order valence-corrected chi connectivity index (χ2v) is 4.13. The molecule has 1 rings (SSSR count). The van der Waals surface area contributed by atoms with Gasteiger partial charge in [0.1, 0.15) is 0 Å². The van der Waals surface area contributed by atoms with Gasteiger partial charge >= 0.3 is 0 Å². The second-order valence-electron chi connectivity index (χ2n) is 4.13. The molecule has 0 aliphatic heterocycles. The number of carbonyl (C=O) groups is 1. The third-order valence-electron chi connectivity index (χ3n) is 2.28. The molecule has 0 aliphatic carbocycles. The minimum absolute atomic E-state index is 0.511. The van der Waals surface area contributed by atoms with Gasteiger partial charge in [-0.2, -0.15) is 0 Å². The van der Waals surface area contributed by atoms with Crippen LogP contribution in [-0.4, -0.2) is 18.6 Å². The van der Waals surface area contributed by atoms with E-state index in [0.29, 0.717) is 11.5 Å². The lowest BCUT2D eigenvalue weighted by molar-refractivity contribution is -0.130. The van der Waals surface area contributed by atoms with Crippen LogP contribution in [0.15, 0.2) is 18.2 Å². The van der Waals surface area contributed by atoms with Crippen LogP contribution in [0.25, 0.3) is 0 Å². The Morgan fingerprint density at radius 2 is 1.94 bits per heavy atom. The largest absolute Gasteiger partial charge is 0.493 e. The van der Waals surface area contributed by atoms with E-state index in [0.717, 1.165) is 5.56 Å². The number of primary amides is 1. The van der Waals surface area contributed by atoms with Gasteiger partial charge in [0.2, 0.25) is 0 Å². The van der Waals surface area contributed by atoms with Gasteiger partial charge in [0.25, 0.3) is 5.91 Å². The number of hydrogen-bond acceptors (Lipinski definition) is 3. The zero-order valence-corrected chi connectivity index (χ0v) is 10.0. The van der Waals surface area contributed by atoms with Crippen molar-refractivity contribution in [2.75, 3.05) is 7.11 Å². The third kappa shape index (κ3) is 2.66. The molecule has 2 N–H and O–H groups in total. The SMILES string of the molecule is COc1cc(C)ccc1OC(C)(C)C(N)=O. The van der Waals surface area contributed by atoms with Gasteiger partial charge in [-0.15, -0.1) is 0 Å². The van der Waals surface area contributed by atoms with E-state index in [4.69, 9.17) is 15.2 Å². The normalized spacial score (nSPS) is 11.0. The Labute approximate surface area is 95.3 Å². The minimum atomic E-state index is -1.05. The lowest BCUT2D eigenvalue weighted by Crippen LogP contribution is -2.43. The van der Waals surface area contributed by atoms with E-state index >= 15 is 0 Å². The number of nitrogens with two attached hydrogens (primary N) is 1. The molecule has 0 aliphatic rings. The minimum Gasteiger partial charge on any atom is -0.493 e. The van der Waals surface area contributed by atoms with Gasteiger partial charge in [-0.3, -0.25) is 4.79 Å². The number of hydrogen-bond donors (Lipinski definition) is 1. The molecule has 0 aromatic heterocycles. The van der Waals surface area contributed by atoms with E-state index in [9.17, 15) is 4.79 Å². The van der Waals surface area contributed by atoms with Crippen molar-refractivity contribution >= 4 is 5.91 Å². The van der Waals surface area contributed by atoms with Crippen LogP contribution in [0.3, 0.4) is 0 Å². The van der Waals surface area contributed by atoms with Crippen LogP contribution in [0.2, 0.25) is 0 Å². The molecule has 1 amide bonds. The first-order valence-corrected chi connectivity index (χ1v) is 5.00. The molecule has 1 aromatic rings. The van der Waals surface area contributed by atoms with Crippen LogP contribution in [0.4, 0.5) is 0 Å². The maximum atomic E-state index is 11.1. The average Bonchev–Trinajstić information content (AvgIpc) is 2.20. The molecule has 16 heavy (non-hydrogen) atoms. The zero-order valence-electron chi connectivity index (χ0n) is 10.0. The predicted octanol–water partition coefficient (Wildman–Crippen LogP) is 1.65. The Bertz CT molecular complexity index is 399. The highest BCUT2D eigenvalue weighted by atomic mass is 16.5. The first-order valence-electron chi connectivity index (χ1n) is 5.00. The smallest absolute Gasteiger partial charge is 0.261 e. The fourth-order valence-corrected chi connectivity index (χ4v) is 1.18. The molecule has 4 nitrogen and oxygen atoms in total. The van der Waals surface area contributed by atoms with Crippen molar-refractivity contribution in [3.63, 3.8) is 0 Å². The summed E-state index contributed by atoms with van der Waals surface area (Å²) >= 11 is 0. The van der Waals surface area contributed by atoms with Crippen LogP contribution in [-0.2, 0) is 4.79 Å². The van der Waals surface area contributed by atoms with Crippen molar-refractivity contribution in [1.82, 2.24) is 0 Å². The Kier molecular flexibility index (Phi) is 3.42. The number of rotatable bonds is 4. The third-order valence-corrected chi connectivity index (χ3v) is 2.28. The summed E-state index contributed by atoms with van der Waals surface area (Å²) in [5.74, 6) is 0.585. The molecule has 4 heteroatoms. The molecule has 0 saturated heterocycles. The maximum Gasteiger partial charge on any atom is 0.261 e. The number of carbonyl (C=O) groups excluding carboxylic acids is 1. The average molecular weight is 223 g/mol. The van der Waals surface area contributed by atoms with Gasteiger partial charge in [0.05, 0.1) is 7.11 Å². The van der Waals surface area contributed by atoms with Crippen molar-refractivity contribution in [3.8, 4) is 11.5 Å². The van der Waals surface area contributed by atoms with Crippen molar-refractivity contribution in [2.45, 2.75) is 26.4 Å². The van der Waals surface area contributed by atoms with Gasteiger partial charge < -0.3 is 15.2 Å². The van der Waals surface area contributed by atoms with E-state index in [-0.39, 0.29) is 0 Å². The fourth-order valence-electron chi connectivity index (χ4n) is 1.18. The Morgan fingerprint density at radius 3 is 2.44 bits per heavy atom. The van der Waals surface area contributed by atoms with Crippen LogP contribution in [0, 0.1) is 6.92 Å². The summed E-state index contributed by atoms with van der Waals surface area (Å²) in [6.07, 6.45) is 0. The Balaban J connectivity index is 3.01.